The molecule has 0 aliphatic heterocycles. The summed E-state index contributed by atoms with van der Waals surface area (Å²) < 4.78 is 5.37. The van der Waals surface area contributed by atoms with E-state index in [0.29, 0.717) is 33.8 Å². The normalized spacial score (nSPS) is 11.7. The molecule has 5 rings (SSSR count). The minimum atomic E-state index is -0.502. The van der Waals surface area contributed by atoms with Crippen LogP contribution in [0.3, 0.4) is 0 Å². The topological polar surface area (TPSA) is 114 Å². The summed E-state index contributed by atoms with van der Waals surface area (Å²) in [5, 5.41) is 10.4. The van der Waals surface area contributed by atoms with Crippen LogP contribution in [0.2, 0.25) is 0 Å². The van der Waals surface area contributed by atoms with Crippen molar-refractivity contribution in [3.05, 3.63) is 142 Å². The Hall–Kier alpha value is -5.45. The number of anilines is 2. The number of ether oxygens (including phenoxy) is 1. The van der Waals surface area contributed by atoms with Crippen molar-refractivity contribution in [2.24, 2.45) is 0 Å². The lowest BCUT2D eigenvalue weighted by atomic mass is 10.0. The molecule has 0 aliphatic rings. The fourth-order valence-corrected chi connectivity index (χ4v) is 7.17. The quantitative estimate of drug-likeness (QED) is 0.0636. The Morgan fingerprint density at radius 3 is 2.27 bits per heavy atom. The van der Waals surface area contributed by atoms with Gasteiger partial charge >= 0.3 is 5.97 Å². The van der Waals surface area contributed by atoms with Crippen LogP contribution in [-0.4, -0.2) is 35.5 Å². The van der Waals surface area contributed by atoms with Gasteiger partial charge in [0, 0.05) is 27.1 Å². The van der Waals surface area contributed by atoms with Crippen LogP contribution < -0.4 is 16.0 Å². The molecule has 1 atom stereocenters. The van der Waals surface area contributed by atoms with Crippen molar-refractivity contribution >= 4 is 63.6 Å². The van der Waals surface area contributed by atoms with E-state index < -0.39 is 23.0 Å². The molecule has 260 valence electrons. The lowest BCUT2D eigenvalue weighted by molar-refractivity contribution is -0.116. The van der Waals surface area contributed by atoms with Crippen LogP contribution in [0.5, 0.6) is 0 Å². The van der Waals surface area contributed by atoms with E-state index in [1.807, 2.05) is 86.8 Å². The molecule has 0 spiro atoms. The Kier molecular flexibility index (Phi) is 12.6. The highest BCUT2D eigenvalue weighted by molar-refractivity contribution is 8.00. The number of thiophene rings is 1. The summed E-state index contributed by atoms with van der Waals surface area (Å²) in [6, 6.07) is 31.3. The maximum Gasteiger partial charge on any atom is 0.341 e. The number of thioether (sulfide) groups is 1. The fourth-order valence-electron chi connectivity index (χ4n) is 5.19. The first-order valence-electron chi connectivity index (χ1n) is 16.5. The SMILES string of the molecule is CCOC(=O)c1c(-c2ccc(C)cc2)csc1NC(=O)C(CC)Sc1cccc(NC(=O)/C(=C\c2cccc(C)c2)NC(=O)c2ccccc2)c1. The second-order valence-corrected chi connectivity index (χ2v) is 13.9. The van der Waals surface area contributed by atoms with Crippen LogP contribution in [0.1, 0.15) is 57.7 Å². The van der Waals surface area contributed by atoms with Crippen molar-refractivity contribution in [3.63, 3.8) is 0 Å². The Balaban J connectivity index is 1.33. The molecule has 0 aliphatic carbocycles. The summed E-state index contributed by atoms with van der Waals surface area (Å²) in [5.74, 6) is -1.66. The van der Waals surface area contributed by atoms with E-state index in [2.05, 4.69) is 16.0 Å². The smallest absolute Gasteiger partial charge is 0.341 e. The molecule has 10 heteroatoms. The molecule has 1 unspecified atom stereocenters. The second-order valence-electron chi connectivity index (χ2n) is 11.7. The van der Waals surface area contributed by atoms with Crippen LogP contribution in [0.15, 0.2) is 119 Å². The van der Waals surface area contributed by atoms with Crippen LogP contribution in [0.25, 0.3) is 17.2 Å². The monoisotopic (exact) mass is 717 g/mol. The van der Waals surface area contributed by atoms with Gasteiger partial charge in [-0.2, -0.15) is 0 Å². The molecule has 51 heavy (non-hydrogen) atoms. The number of nitrogens with one attached hydrogen (secondary N) is 3. The number of aryl methyl sites for hydroxylation is 2. The summed E-state index contributed by atoms with van der Waals surface area (Å²) in [4.78, 5) is 54.2. The number of rotatable bonds is 13. The van der Waals surface area contributed by atoms with Crippen molar-refractivity contribution in [3.8, 4) is 11.1 Å². The average Bonchev–Trinajstić information content (AvgIpc) is 3.54. The summed E-state index contributed by atoms with van der Waals surface area (Å²) in [7, 11) is 0. The number of carbonyl (C=O) groups excluding carboxylic acids is 4. The van der Waals surface area contributed by atoms with Gasteiger partial charge in [0.25, 0.3) is 11.8 Å². The molecule has 5 aromatic rings. The van der Waals surface area contributed by atoms with E-state index in [1.165, 1.54) is 23.1 Å². The maximum atomic E-state index is 13.6. The number of carbonyl (C=O) groups is 4. The predicted molar refractivity (Wildman–Crippen MR) is 207 cm³/mol. The van der Waals surface area contributed by atoms with Crippen LogP contribution in [0.4, 0.5) is 10.7 Å². The zero-order valence-electron chi connectivity index (χ0n) is 28.8. The first-order valence-corrected chi connectivity index (χ1v) is 18.3. The van der Waals surface area contributed by atoms with Crippen molar-refractivity contribution in [2.45, 2.75) is 44.3 Å². The molecule has 1 heterocycles. The zero-order valence-corrected chi connectivity index (χ0v) is 30.5. The van der Waals surface area contributed by atoms with Crippen molar-refractivity contribution in [1.82, 2.24) is 5.32 Å². The van der Waals surface area contributed by atoms with Gasteiger partial charge in [0.05, 0.1) is 11.9 Å². The van der Waals surface area contributed by atoms with Gasteiger partial charge in [-0.25, -0.2) is 4.79 Å². The molecule has 0 radical (unpaired) electrons. The lowest BCUT2D eigenvalue weighted by Gasteiger charge is -2.16. The molecule has 0 saturated carbocycles. The number of hydrogen-bond acceptors (Lipinski definition) is 7. The molecule has 3 N–H and O–H groups in total. The van der Waals surface area contributed by atoms with Crippen molar-refractivity contribution < 1.29 is 23.9 Å². The van der Waals surface area contributed by atoms with Gasteiger partial charge in [0.15, 0.2) is 0 Å². The molecular formula is C41H39N3O5S2. The van der Waals surface area contributed by atoms with E-state index in [0.717, 1.165) is 27.1 Å². The molecule has 0 bridgehead atoms. The average molecular weight is 718 g/mol. The van der Waals surface area contributed by atoms with Gasteiger partial charge in [0.2, 0.25) is 5.91 Å². The van der Waals surface area contributed by atoms with Gasteiger partial charge in [0.1, 0.15) is 16.3 Å². The van der Waals surface area contributed by atoms with Crippen LogP contribution in [0, 0.1) is 13.8 Å². The molecule has 0 fully saturated rings. The largest absolute Gasteiger partial charge is 0.462 e. The van der Waals surface area contributed by atoms with Gasteiger partial charge in [-0.1, -0.05) is 90.8 Å². The number of hydrogen-bond donors (Lipinski definition) is 3. The fraction of sp³-hybridized carbons (Fsp3) is 0.171. The first kappa shape index (κ1) is 36.8. The minimum Gasteiger partial charge on any atom is -0.462 e. The molecule has 1 aromatic heterocycles. The van der Waals surface area contributed by atoms with Gasteiger partial charge in [-0.15, -0.1) is 23.1 Å². The third-order valence-corrected chi connectivity index (χ3v) is 10.0. The third kappa shape index (κ3) is 9.84. The summed E-state index contributed by atoms with van der Waals surface area (Å²) >= 11 is 2.63. The molecular weight excluding hydrogens is 679 g/mol. The predicted octanol–water partition coefficient (Wildman–Crippen LogP) is 9.13. The Labute approximate surface area is 306 Å². The number of amides is 3. The first-order chi connectivity index (χ1) is 24.6. The summed E-state index contributed by atoms with van der Waals surface area (Å²) in [6.45, 7) is 7.82. The number of benzene rings is 4. The van der Waals surface area contributed by atoms with E-state index >= 15 is 0 Å². The lowest BCUT2D eigenvalue weighted by Crippen LogP contribution is -2.30. The molecule has 3 amide bonds. The summed E-state index contributed by atoms with van der Waals surface area (Å²) in [6.07, 6.45) is 2.14. The Morgan fingerprint density at radius 2 is 1.57 bits per heavy atom. The minimum absolute atomic E-state index is 0.0803. The maximum absolute atomic E-state index is 13.6. The van der Waals surface area contributed by atoms with E-state index in [4.69, 9.17) is 4.74 Å². The van der Waals surface area contributed by atoms with Gasteiger partial charge in [-0.3, -0.25) is 14.4 Å². The van der Waals surface area contributed by atoms with E-state index in [9.17, 15) is 19.2 Å². The highest BCUT2D eigenvalue weighted by atomic mass is 32.2. The van der Waals surface area contributed by atoms with Crippen LogP contribution >= 0.6 is 23.1 Å². The van der Waals surface area contributed by atoms with Gasteiger partial charge in [-0.05, 0) is 74.7 Å². The van der Waals surface area contributed by atoms with Crippen molar-refractivity contribution in [2.75, 3.05) is 17.2 Å². The Bertz CT molecular complexity index is 2060. The third-order valence-electron chi connectivity index (χ3n) is 7.79. The second kappa shape index (κ2) is 17.5. The van der Waals surface area contributed by atoms with E-state index in [1.54, 1.807) is 55.5 Å². The highest BCUT2D eigenvalue weighted by Crippen LogP contribution is 2.37. The highest BCUT2D eigenvalue weighted by Gasteiger charge is 2.26. The molecule has 8 nitrogen and oxygen atoms in total. The standard InChI is InChI=1S/C41H39N3O5S2/c1-5-35(39(47)44-40-36(41(48)49-6-2)33(25-50-40)29-20-18-26(3)19-21-29)51-32-17-11-16-31(24-32)42-38(46)34(23-28-13-10-12-27(4)22-28)43-37(45)30-14-8-7-9-15-30/h7-25,35H,5-6H2,1-4H3,(H,42,46)(H,43,45)(H,44,47)/b34-23+. The molecule has 0 saturated heterocycles. The van der Waals surface area contributed by atoms with Crippen LogP contribution in [-0.2, 0) is 14.3 Å². The Morgan fingerprint density at radius 1 is 0.824 bits per heavy atom. The summed E-state index contributed by atoms with van der Waals surface area (Å²) in [5.41, 5.74) is 5.76. The zero-order chi connectivity index (χ0) is 36.3. The van der Waals surface area contributed by atoms with Gasteiger partial charge < -0.3 is 20.7 Å². The van der Waals surface area contributed by atoms with Crippen molar-refractivity contribution in [1.29, 1.82) is 0 Å². The molecule has 4 aromatic carbocycles. The van der Waals surface area contributed by atoms with E-state index in [-0.39, 0.29) is 18.2 Å². The number of esters is 1.